The SMILES string of the molecule is CC[C@H](N=C(N)N)C1C(=O)N(CC(=O)O)C(=O)N1C. The van der Waals surface area contributed by atoms with Crippen LogP contribution < -0.4 is 11.5 Å². The van der Waals surface area contributed by atoms with Gasteiger partial charge in [0.2, 0.25) is 0 Å². The van der Waals surface area contributed by atoms with Gasteiger partial charge in [0.25, 0.3) is 5.91 Å². The number of imide groups is 1. The van der Waals surface area contributed by atoms with Crippen molar-refractivity contribution < 1.29 is 19.5 Å². The maximum Gasteiger partial charge on any atom is 0.327 e. The molecule has 0 aromatic rings. The van der Waals surface area contributed by atoms with Crippen molar-refractivity contribution in [2.24, 2.45) is 16.5 Å². The minimum atomic E-state index is -1.26. The molecule has 5 N–H and O–H groups in total. The van der Waals surface area contributed by atoms with E-state index in [2.05, 4.69) is 4.99 Å². The van der Waals surface area contributed by atoms with Gasteiger partial charge in [0, 0.05) is 7.05 Å². The maximum absolute atomic E-state index is 12.1. The zero-order valence-corrected chi connectivity index (χ0v) is 10.7. The first kappa shape index (κ1) is 14.7. The molecule has 3 amide bonds. The van der Waals surface area contributed by atoms with Crippen molar-refractivity contribution >= 4 is 23.9 Å². The lowest BCUT2D eigenvalue weighted by atomic mass is 10.1. The molecular weight excluding hydrogens is 254 g/mol. The average Bonchev–Trinajstić information content (AvgIpc) is 2.50. The third-order valence-electron chi connectivity index (χ3n) is 2.86. The van der Waals surface area contributed by atoms with E-state index >= 15 is 0 Å². The summed E-state index contributed by atoms with van der Waals surface area (Å²) in [7, 11) is 1.41. The van der Waals surface area contributed by atoms with E-state index in [-0.39, 0.29) is 5.96 Å². The molecule has 1 aliphatic rings. The van der Waals surface area contributed by atoms with Crippen LogP contribution in [0.2, 0.25) is 0 Å². The Labute approximate surface area is 109 Å². The van der Waals surface area contributed by atoms with Crippen LogP contribution in [0.25, 0.3) is 0 Å². The van der Waals surface area contributed by atoms with Crippen molar-refractivity contribution in [2.75, 3.05) is 13.6 Å². The van der Waals surface area contributed by atoms with Crippen molar-refractivity contribution in [3.05, 3.63) is 0 Å². The quantitative estimate of drug-likeness (QED) is 0.312. The Bertz CT molecular complexity index is 432. The number of aliphatic imine (C=N–C) groups is 1. The van der Waals surface area contributed by atoms with E-state index in [0.717, 1.165) is 4.90 Å². The van der Waals surface area contributed by atoms with Crippen LogP contribution in [0.4, 0.5) is 4.79 Å². The first-order valence-corrected chi connectivity index (χ1v) is 5.68. The summed E-state index contributed by atoms with van der Waals surface area (Å²) in [6, 6.07) is -2.13. The molecule has 0 spiro atoms. The molecule has 1 fully saturated rings. The molecule has 0 aromatic carbocycles. The van der Waals surface area contributed by atoms with Crippen LogP contribution in [-0.2, 0) is 9.59 Å². The minimum absolute atomic E-state index is 0.183. The fraction of sp³-hybridized carbons (Fsp3) is 0.600. The Hall–Kier alpha value is -2.32. The molecule has 1 aliphatic heterocycles. The number of urea groups is 1. The van der Waals surface area contributed by atoms with Gasteiger partial charge in [-0.25, -0.2) is 9.79 Å². The highest BCUT2D eigenvalue weighted by Gasteiger charge is 2.47. The Morgan fingerprint density at radius 3 is 2.47 bits per heavy atom. The normalized spacial score (nSPS) is 20.6. The molecule has 1 unspecified atom stereocenters. The molecule has 1 saturated heterocycles. The van der Waals surface area contributed by atoms with Gasteiger partial charge in [-0.1, -0.05) is 6.92 Å². The van der Waals surface area contributed by atoms with Crippen molar-refractivity contribution in [1.29, 1.82) is 0 Å². The molecule has 106 valence electrons. The molecule has 0 aliphatic carbocycles. The zero-order chi connectivity index (χ0) is 14.7. The lowest BCUT2D eigenvalue weighted by Gasteiger charge is -2.22. The Kier molecular flexibility index (Phi) is 4.30. The highest BCUT2D eigenvalue weighted by molar-refractivity contribution is 6.06. The van der Waals surface area contributed by atoms with E-state index < -0.39 is 36.5 Å². The number of nitrogens with zero attached hydrogens (tertiary/aromatic N) is 3. The largest absolute Gasteiger partial charge is 0.480 e. The van der Waals surface area contributed by atoms with E-state index in [1.54, 1.807) is 6.92 Å². The van der Waals surface area contributed by atoms with E-state index in [1.165, 1.54) is 7.05 Å². The summed E-state index contributed by atoms with van der Waals surface area (Å²) in [6.07, 6.45) is 0.437. The third-order valence-corrected chi connectivity index (χ3v) is 2.86. The summed E-state index contributed by atoms with van der Waals surface area (Å²) in [6.45, 7) is 1.10. The number of carbonyl (C=O) groups excluding carboxylic acids is 2. The van der Waals surface area contributed by atoms with Gasteiger partial charge in [-0.05, 0) is 6.42 Å². The number of carboxylic acids is 1. The predicted molar refractivity (Wildman–Crippen MR) is 66.2 cm³/mol. The molecule has 2 atom stereocenters. The second-order valence-corrected chi connectivity index (χ2v) is 4.19. The Morgan fingerprint density at radius 1 is 1.47 bits per heavy atom. The maximum atomic E-state index is 12.1. The number of hydrogen-bond donors (Lipinski definition) is 3. The summed E-state index contributed by atoms with van der Waals surface area (Å²) < 4.78 is 0. The fourth-order valence-electron chi connectivity index (χ4n) is 2.01. The molecule has 0 saturated carbocycles. The summed E-state index contributed by atoms with van der Waals surface area (Å²) in [5.74, 6) is -2.05. The number of nitrogens with two attached hydrogens (primary N) is 2. The van der Waals surface area contributed by atoms with Crippen molar-refractivity contribution in [2.45, 2.75) is 25.4 Å². The first-order valence-electron chi connectivity index (χ1n) is 5.68. The van der Waals surface area contributed by atoms with Gasteiger partial charge in [0.1, 0.15) is 12.6 Å². The fourth-order valence-corrected chi connectivity index (χ4v) is 2.01. The summed E-state index contributed by atoms with van der Waals surface area (Å²) in [4.78, 5) is 40.3. The number of carboxylic acid groups (broad SMARTS) is 1. The van der Waals surface area contributed by atoms with Crippen LogP contribution in [0.15, 0.2) is 4.99 Å². The highest BCUT2D eigenvalue weighted by atomic mass is 16.4. The monoisotopic (exact) mass is 271 g/mol. The number of guanidine groups is 1. The molecule has 0 radical (unpaired) electrons. The number of hydrogen-bond acceptors (Lipinski definition) is 4. The Morgan fingerprint density at radius 2 is 2.05 bits per heavy atom. The number of amides is 3. The van der Waals surface area contributed by atoms with Crippen LogP contribution in [0.5, 0.6) is 0 Å². The van der Waals surface area contributed by atoms with Crippen LogP contribution in [0.3, 0.4) is 0 Å². The van der Waals surface area contributed by atoms with Gasteiger partial charge in [0.05, 0.1) is 6.04 Å². The van der Waals surface area contributed by atoms with E-state index in [1.807, 2.05) is 0 Å². The summed E-state index contributed by atoms with van der Waals surface area (Å²) in [5.41, 5.74) is 10.6. The number of carbonyl (C=O) groups is 3. The molecule has 1 rings (SSSR count). The van der Waals surface area contributed by atoms with Gasteiger partial charge in [-0.3, -0.25) is 14.5 Å². The van der Waals surface area contributed by atoms with Crippen molar-refractivity contribution in [1.82, 2.24) is 9.80 Å². The predicted octanol–water partition coefficient (Wildman–Crippen LogP) is -1.61. The van der Waals surface area contributed by atoms with Gasteiger partial charge in [-0.15, -0.1) is 0 Å². The van der Waals surface area contributed by atoms with Crippen LogP contribution >= 0.6 is 0 Å². The lowest BCUT2D eigenvalue weighted by Crippen LogP contribution is -2.43. The molecular formula is C10H17N5O4. The topological polar surface area (TPSA) is 142 Å². The molecule has 9 heteroatoms. The van der Waals surface area contributed by atoms with Crippen LogP contribution in [0, 0.1) is 0 Å². The smallest absolute Gasteiger partial charge is 0.327 e. The molecule has 0 aromatic heterocycles. The van der Waals surface area contributed by atoms with Gasteiger partial charge < -0.3 is 21.5 Å². The number of aliphatic carboxylic acids is 1. The first-order chi connectivity index (χ1) is 8.79. The van der Waals surface area contributed by atoms with E-state index in [4.69, 9.17) is 16.6 Å². The van der Waals surface area contributed by atoms with Gasteiger partial charge in [0.15, 0.2) is 5.96 Å². The number of rotatable bonds is 5. The Balaban J connectivity index is 3.02. The van der Waals surface area contributed by atoms with Crippen LogP contribution in [-0.4, -0.2) is 64.4 Å². The van der Waals surface area contributed by atoms with Crippen molar-refractivity contribution in [3.8, 4) is 0 Å². The summed E-state index contributed by atoms with van der Waals surface area (Å²) in [5, 5.41) is 8.69. The van der Waals surface area contributed by atoms with Crippen molar-refractivity contribution in [3.63, 3.8) is 0 Å². The van der Waals surface area contributed by atoms with Gasteiger partial charge >= 0.3 is 12.0 Å². The second-order valence-electron chi connectivity index (χ2n) is 4.19. The highest BCUT2D eigenvalue weighted by Crippen LogP contribution is 2.21. The molecule has 1 heterocycles. The van der Waals surface area contributed by atoms with Gasteiger partial charge in [-0.2, -0.15) is 0 Å². The minimum Gasteiger partial charge on any atom is -0.480 e. The van der Waals surface area contributed by atoms with Crippen LogP contribution in [0.1, 0.15) is 13.3 Å². The average molecular weight is 271 g/mol. The van der Waals surface area contributed by atoms with E-state index in [0.29, 0.717) is 11.3 Å². The third kappa shape index (κ3) is 2.92. The molecule has 9 nitrogen and oxygen atoms in total. The standard InChI is InChI=1S/C10H17N5O4/c1-3-5(13-9(11)12)7-8(18)15(4-6(16)17)10(19)14(7)2/h5,7H,3-4H2,1-2H3,(H,16,17)(H4,11,12,13)/t5-,7?/m0/s1. The molecule has 0 bridgehead atoms. The second kappa shape index (κ2) is 5.55. The molecule has 19 heavy (non-hydrogen) atoms. The number of likely N-dealkylation sites (N-methyl/N-ethyl adjacent to an activating group) is 1. The zero-order valence-electron chi connectivity index (χ0n) is 10.7. The van der Waals surface area contributed by atoms with E-state index in [9.17, 15) is 14.4 Å². The lowest BCUT2D eigenvalue weighted by molar-refractivity contribution is -0.141. The summed E-state index contributed by atoms with van der Waals surface area (Å²) >= 11 is 0.